The molecule has 0 aliphatic heterocycles. The summed E-state index contributed by atoms with van der Waals surface area (Å²) in [5.74, 6) is 0.0490. The van der Waals surface area contributed by atoms with Crippen LogP contribution in [0.2, 0.25) is 0 Å². The summed E-state index contributed by atoms with van der Waals surface area (Å²) < 4.78 is 13.3. The maximum Gasteiger partial charge on any atom is 0.126 e. The number of aryl methyl sites for hydroxylation is 1. The maximum absolute atomic E-state index is 13.3. The number of hydrogen-bond acceptors (Lipinski definition) is 3. The highest BCUT2D eigenvalue weighted by molar-refractivity contribution is 5.39. The van der Waals surface area contributed by atoms with Gasteiger partial charge in [-0.3, -0.25) is 0 Å². The minimum atomic E-state index is -0.786. The van der Waals surface area contributed by atoms with E-state index < -0.39 is 6.10 Å². The van der Waals surface area contributed by atoms with Gasteiger partial charge >= 0.3 is 0 Å². The van der Waals surface area contributed by atoms with Gasteiger partial charge in [0.1, 0.15) is 11.6 Å². The van der Waals surface area contributed by atoms with Crippen LogP contribution in [0.15, 0.2) is 36.5 Å². The second kappa shape index (κ2) is 5.14. The Bertz CT molecular complexity index is 537. The number of benzene rings is 1. The van der Waals surface area contributed by atoms with E-state index in [1.165, 1.54) is 12.1 Å². The number of aliphatic hydroxyl groups excluding tert-OH is 1. The predicted molar refractivity (Wildman–Crippen MR) is 68.5 cm³/mol. The van der Waals surface area contributed by atoms with Crippen molar-refractivity contribution in [2.75, 3.05) is 5.73 Å². The van der Waals surface area contributed by atoms with Crippen LogP contribution in [0.25, 0.3) is 0 Å². The summed E-state index contributed by atoms with van der Waals surface area (Å²) in [6.45, 7) is 1.79. The molecule has 18 heavy (non-hydrogen) atoms. The molecular weight excluding hydrogens is 231 g/mol. The molecule has 1 heterocycles. The van der Waals surface area contributed by atoms with E-state index in [-0.39, 0.29) is 5.82 Å². The highest BCUT2D eigenvalue weighted by atomic mass is 19.1. The molecule has 4 heteroatoms. The molecular formula is C14H15FN2O. The van der Waals surface area contributed by atoms with E-state index >= 15 is 0 Å². The molecule has 2 rings (SSSR count). The Labute approximate surface area is 105 Å². The summed E-state index contributed by atoms with van der Waals surface area (Å²) in [6, 6.07) is 8.09. The first-order valence-corrected chi connectivity index (χ1v) is 5.71. The smallest absolute Gasteiger partial charge is 0.126 e. The standard InChI is InChI=1S/C14H15FN2O/c1-9-5-11(7-12(15)6-9)13(18)8-10-3-2-4-17-14(10)16/h2-7,13,18H,8H2,1H3,(H2,16,17). The van der Waals surface area contributed by atoms with Crippen LogP contribution in [0, 0.1) is 12.7 Å². The molecule has 0 fully saturated rings. The van der Waals surface area contributed by atoms with E-state index in [4.69, 9.17) is 5.73 Å². The van der Waals surface area contributed by atoms with Gasteiger partial charge in [0.2, 0.25) is 0 Å². The largest absolute Gasteiger partial charge is 0.388 e. The lowest BCUT2D eigenvalue weighted by molar-refractivity contribution is 0.178. The molecule has 0 spiro atoms. The van der Waals surface area contributed by atoms with E-state index in [2.05, 4.69) is 4.98 Å². The van der Waals surface area contributed by atoms with Crippen molar-refractivity contribution in [1.82, 2.24) is 4.98 Å². The van der Waals surface area contributed by atoms with Gasteiger partial charge in [0, 0.05) is 12.6 Å². The fraction of sp³-hybridized carbons (Fsp3) is 0.214. The number of rotatable bonds is 3. The summed E-state index contributed by atoms with van der Waals surface area (Å²) in [5.41, 5.74) is 7.80. The molecule has 0 saturated carbocycles. The van der Waals surface area contributed by atoms with Gasteiger partial charge in [-0.15, -0.1) is 0 Å². The van der Waals surface area contributed by atoms with Crippen molar-refractivity contribution >= 4 is 5.82 Å². The molecule has 3 nitrogen and oxygen atoms in total. The van der Waals surface area contributed by atoms with E-state index in [9.17, 15) is 9.50 Å². The minimum absolute atomic E-state index is 0.322. The molecule has 1 aromatic heterocycles. The first-order valence-electron chi connectivity index (χ1n) is 5.71. The summed E-state index contributed by atoms with van der Waals surface area (Å²) in [6.07, 6.45) is 1.13. The zero-order valence-corrected chi connectivity index (χ0v) is 10.1. The van der Waals surface area contributed by atoms with Gasteiger partial charge < -0.3 is 10.8 Å². The molecule has 3 N–H and O–H groups in total. The van der Waals surface area contributed by atoms with Crippen LogP contribution in [0.3, 0.4) is 0 Å². The molecule has 2 aromatic rings. The summed E-state index contributed by atoms with van der Waals surface area (Å²) in [5, 5.41) is 10.1. The van der Waals surface area contributed by atoms with Crippen molar-refractivity contribution in [3.63, 3.8) is 0 Å². The third kappa shape index (κ3) is 2.84. The van der Waals surface area contributed by atoms with Crippen LogP contribution < -0.4 is 5.73 Å². The van der Waals surface area contributed by atoms with Crippen LogP contribution in [0.4, 0.5) is 10.2 Å². The predicted octanol–water partition coefficient (Wildman–Crippen LogP) is 2.39. The number of aliphatic hydroxyl groups is 1. The Morgan fingerprint density at radius 3 is 2.83 bits per heavy atom. The SMILES string of the molecule is Cc1cc(F)cc(C(O)Cc2cccnc2N)c1. The third-order valence-corrected chi connectivity index (χ3v) is 2.79. The van der Waals surface area contributed by atoms with Gasteiger partial charge in [-0.2, -0.15) is 0 Å². The summed E-state index contributed by atoms with van der Waals surface area (Å²) >= 11 is 0. The lowest BCUT2D eigenvalue weighted by Crippen LogP contribution is -2.06. The Morgan fingerprint density at radius 2 is 2.17 bits per heavy atom. The number of hydrogen-bond donors (Lipinski definition) is 2. The van der Waals surface area contributed by atoms with Crippen molar-refractivity contribution < 1.29 is 9.50 Å². The topological polar surface area (TPSA) is 59.1 Å². The summed E-state index contributed by atoms with van der Waals surface area (Å²) in [4.78, 5) is 3.95. The Hall–Kier alpha value is -1.94. The average molecular weight is 246 g/mol. The van der Waals surface area contributed by atoms with E-state index in [1.807, 2.05) is 0 Å². The molecule has 0 aliphatic rings. The molecule has 0 amide bonds. The van der Waals surface area contributed by atoms with Gasteiger partial charge in [0.15, 0.2) is 0 Å². The average Bonchev–Trinajstić information content (AvgIpc) is 2.31. The number of nitrogens with two attached hydrogens (primary N) is 1. The molecule has 0 bridgehead atoms. The van der Waals surface area contributed by atoms with E-state index in [1.54, 1.807) is 31.3 Å². The Morgan fingerprint density at radius 1 is 1.39 bits per heavy atom. The fourth-order valence-electron chi connectivity index (χ4n) is 1.91. The number of nitrogen functional groups attached to an aromatic ring is 1. The fourth-order valence-corrected chi connectivity index (χ4v) is 1.91. The van der Waals surface area contributed by atoms with Gasteiger partial charge in [-0.1, -0.05) is 12.1 Å². The van der Waals surface area contributed by atoms with Crippen LogP contribution >= 0.6 is 0 Å². The van der Waals surface area contributed by atoms with Crippen LogP contribution in [-0.2, 0) is 6.42 Å². The lowest BCUT2D eigenvalue weighted by atomic mass is 10.0. The zero-order valence-electron chi connectivity index (χ0n) is 10.1. The van der Waals surface area contributed by atoms with Gasteiger partial charge in [0.05, 0.1) is 6.10 Å². The maximum atomic E-state index is 13.3. The molecule has 0 saturated heterocycles. The molecule has 0 radical (unpaired) electrons. The molecule has 1 aromatic carbocycles. The van der Waals surface area contributed by atoms with E-state index in [0.29, 0.717) is 17.8 Å². The molecule has 0 aliphatic carbocycles. The highest BCUT2D eigenvalue weighted by Crippen LogP contribution is 2.22. The zero-order chi connectivity index (χ0) is 13.1. The second-order valence-corrected chi connectivity index (χ2v) is 4.33. The highest BCUT2D eigenvalue weighted by Gasteiger charge is 2.12. The minimum Gasteiger partial charge on any atom is -0.388 e. The van der Waals surface area contributed by atoms with Crippen LogP contribution in [0.1, 0.15) is 22.8 Å². The molecule has 1 unspecified atom stereocenters. The second-order valence-electron chi connectivity index (χ2n) is 4.33. The van der Waals surface area contributed by atoms with E-state index in [0.717, 1.165) is 11.1 Å². The number of aromatic nitrogens is 1. The molecule has 94 valence electrons. The van der Waals surface area contributed by atoms with Crippen LogP contribution in [-0.4, -0.2) is 10.1 Å². The Balaban J connectivity index is 2.22. The number of pyridine rings is 1. The van der Waals surface area contributed by atoms with Crippen LogP contribution in [0.5, 0.6) is 0 Å². The lowest BCUT2D eigenvalue weighted by Gasteiger charge is -2.13. The first-order chi connectivity index (χ1) is 8.56. The van der Waals surface area contributed by atoms with Crippen molar-refractivity contribution in [2.24, 2.45) is 0 Å². The third-order valence-electron chi connectivity index (χ3n) is 2.79. The quantitative estimate of drug-likeness (QED) is 0.874. The number of nitrogens with zero attached hydrogens (tertiary/aromatic N) is 1. The van der Waals surface area contributed by atoms with Crippen molar-refractivity contribution in [3.05, 3.63) is 59.0 Å². The van der Waals surface area contributed by atoms with Crippen molar-refractivity contribution in [2.45, 2.75) is 19.4 Å². The molecule has 1 atom stereocenters. The first kappa shape index (κ1) is 12.5. The van der Waals surface area contributed by atoms with Crippen molar-refractivity contribution in [1.29, 1.82) is 0 Å². The number of anilines is 1. The van der Waals surface area contributed by atoms with Gasteiger partial charge in [0.25, 0.3) is 0 Å². The summed E-state index contributed by atoms with van der Waals surface area (Å²) in [7, 11) is 0. The normalized spacial score (nSPS) is 12.4. The van der Waals surface area contributed by atoms with Gasteiger partial charge in [-0.25, -0.2) is 9.37 Å². The monoisotopic (exact) mass is 246 g/mol. The number of halogens is 1. The van der Waals surface area contributed by atoms with Gasteiger partial charge in [-0.05, 0) is 41.8 Å². The van der Waals surface area contributed by atoms with Crippen molar-refractivity contribution in [3.8, 4) is 0 Å². The Kier molecular flexibility index (Phi) is 3.58.